The molecule has 98 valence electrons. The second-order valence-electron chi connectivity index (χ2n) is 5.22. The topological polar surface area (TPSA) is 36.3 Å². The van der Waals surface area contributed by atoms with Crippen LogP contribution in [0.4, 0.5) is 0 Å². The summed E-state index contributed by atoms with van der Waals surface area (Å²) in [6.45, 7) is 8.10. The number of alkyl halides is 1. The highest BCUT2D eigenvalue weighted by atomic mass is 79.9. The van der Waals surface area contributed by atoms with Gasteiger partial charge in [0.15, 0.2) is 0 Å². The van der Waals surface area contributed by atoms with Gasteiger partial charge in [0.25, 0.3) is 0 Å². The lowest BCUT2D eigenvalue weighted by molar-refractivity contribution is 0.00337. The van der Waals surface area contributed by atoms with Gasteiger partial charge in [-0.3, -0.25) is 4.90 Å². The number of ether oxygens (including phenoxy) is 1. The highest BCUT2D eigenvalue weighted by Gasteiger charge is 2.33. The Morgan fingerprint density at radius 1 is 1.41 bits per heavy atom. The van der Waals surface area contributed by atoms with E-state index in [9.17, 15) is 0 Å². The summed E-state index contributed by atoms with van der Waals surface area (Å²) in [6.07, 6.45) is 2.86. The van der Waals surface area contributed by atoms with Crippen molar-refractivity contribution in [1.82, 2.24) is 4.90 Å². The molecule has 0 aromatic carbocycles. The summed E-state index contributed by atoms with van der Waals surface area (Å²) in [4.78, 5) is 2.43. The molecule has 1 heterocycles. The summed E-state index contributed by atoms with van der Waals surface area (Å²) in [5, 5.41) is 9.75. The first kappa shape index (κ1) is 14.9. The van der Waals surface area contributed by atoms with Crippen LogP contribution in [0.5, 0.6) is 0 Å². The van der Waals surface area contributed by atoms with E-state index in [0.717, 1.165) is 44.5 Å². The van der Waals surface area contributed by atoms with E-state index in [-0.39, 0.29) is 0 Å². The molecule has 0 saturated carbocycles. The standard InChI is InChI=1S/C13H23BrN2O/c1-12(2)16(7-3-6-15)11-13(10-14)4-8-17-9-5-13/h12H,3-5,7-11H2,1-2H3. The molecule has 0 unspecified atom stereocenters. The van der Waals surface area contributed by atoms with Gasteiger partial charge in [0, 0.05) is 44.1 Å². The van der Waals surface area contributed by atoms with Crippen LogP contribution in [0.3, 0.4) is 0 Å². The molecule has 1 aliphatic rings. The minimum Gasteiger partial charge on any atom is -0.381 e. The average Bonchev–Trinajstić information content (AvgIpc) is 2.35. The van der Waals surface area contributed by atoms with Gasteiger partial charge in [0.1, 0.15) is 0 Å². The molecule has 0 atom stereocenters. The third-order valence-corrected chi connectivity index (χ3v) is 4.81. The number of hydrogen-bond donors (Lipinski definition) is 0. The Labute approximate surface area is 113 Å². The maximum atomic E-state index is 8.72. The molecule has 0 aromatic heterocycles. The second-order valence-corrected chi connectivity index (χ2v) is 5.78. The van der Waals surface area contributed by atoms with Crippen molar-refractivity contribution < 1.29 is 4.74 Å². The molecule has 1 saturated heterocycles. The van der Waals surface area contributed by atoms with Gasteiger partial charge in [-0.1, -0.05) is 15.9 Å². The molecule has 0 aliphatic carbocycles. The van der Waals surface area contributed by atoms with Gasteiger partial charge in [0.05, 0.1) is 6.07 Å². The van der Waals surface area contributed by atoms with Crippen molar-refractivity contribution in [1.29, 1.82) is 5.26 Å². The molecule has 0 aromatic rings. The van der Waals surface area contributed by atoms with E-state index in [1.54, 1.807) is 0 Å². The molecule has 1 aliphatic heterocycles. The van der Waals surface area contributed by atoms with Crippen LogP contribution in [-0.4, -0.2) is 42.6 Å². The largest absolute Gasteiger partial charge is 0.381 e. The molecule has 0 amide bonds. The normalized spacial score (nSPS) is 19.5. The van der Waals surface area contributed by atoms with Crippen LogP contribution in [-0.2, 0) is 4.74 Å². The minimum atomic E-state index is 0.331. The molecular weight excluding hydrogens is 280 g/mol. The Kier molecular flexibility index (Phi) is 6.47. The molecule has 0 bridgehead atoms. The van der Waals surface area contributed by atoms with Crippen LogP contribution in [0.15, 0.2) is 0 Å². The zero-order valence-corrected chi connectivity index (χ0v) is 12.5. The Morgan fingerprint density at radius 3 is 2.53 bits per heavy atom. The maximum Gasteiger partial charge on any atom is 0.0635 e. The van der Waals surface area contributed by atoms with Gasteiger partial charge in [-0.2, -0.15) is 5.26 Å². The van der Waals surface area contributed by atoms with Gasteiger partial charge in [-0.15, -0.1) is 0 Å². The van der Waals surface area contributed by atoms with Crippen molar-refractivity contribution in [3.8, 4) is 6.07 Å². The van der Waals surface area contributed by atoms with E-state index >= 15 is 0 Å². The molecule has 3 nitrogen and oxygen atoms in total. The molecular formula is C13H23BrN2O. The lowest BCUT2D eigenvalue weighted by Crippen LogP contribution is -2.45. The van der Waals surface area contributed by atoms with Gasteiger partial charge in [0.2, 0.25) is 0 Å². The fourth-order valence-electron chi connectivity index (χ4n) is 2.28. The van der Waals surface area contributed by atoms with Crippen molar-refractivity contribution in [3.63, 3.8) is 0 Å². The summed E-state index contributed by atoms with van der Waals surface area (Å²) >= 11 is 3.67. The molecule has 17 heavy (non-hydrogen) atoms. The minimum absolute atomic E-state index is 0.331. The van der Waals surface area contributed by atoms with E-state index in [1.165, 1.54) is 0 Å². The number of halogens is 1. The van der Waals surface area contributed by atoms with Crippen molar-refractivity contribution in [2.45, 2.75) is 39.2 Å². The van der Waals surface area contributed by atoms with Gasteiger partial charge in [-0.05, 0) is 32.1 Å². The van der Waals surface area contributed by atoms with Crippen LogP contribution >= 0.6 is 15.9 Å². The zero-order chi connectivity index (χ0) is 12.7. The van der Waals surface area contributed by atoms with E-state index in [1.807, 2.05) is 0 Å². The smallest absolute Gasteiger partial charge is 0.0635 e. The Balaban J connectivity index is 2.59. The summed E-state index contributed by atoms with van der Waals surface area (Å²) in [5.41, 5.74) is 0.331. The molecule has 0 radical (unpaired) electrons. The second kappa shape index (κ2) is 7.35. The Hall–Kier alpha value is -0.110. The maximum absolute atomic E-state index is 8.72. The highest BCUT2D eigenvalue weighted by molar-refractivity contribution is 9.09. The van der Waals surface area contributed by atoms with Gasteiger partial charge in [-0.25, -0.2) is 0 Å². The Morgan fingerprint density at radius 2 is 2.06 bits per heavy atom. The third kappa shape index (κ3) is 4.57. The van der Waals surface area contributed by atoms with Crippen molar-refractivity contribution in [3.05, 3.63) is 0 Å². The first-order valence-corrected chi connectivity index (χ1v) is 7.50. The number of nitriles is 1. The third-order valence-electron chi connectivity index (χ3n) is 3.62. The van der Waals surface area contributed by atoms with Crippen molar-refractivity contribution >= 4 is 15.9 Å². The van der Waals surface area contributed by atoms with Crippen molar-refractivity contribution in [2.75, 3.05) is 31.6 Å². The number of rotatable bonds is 6. The van der Waals surface area contributed by atoms with Gasteiger partial charge < -0.3 is 4.74 Å². The van der Waals surface area contributed by atoms with Crippen LogP contribution in [0.25, 0.3) is 0 Å². The lowest BCUT2D eigenvalue weighted by atomic mass is 9.81. The average molecular weight is 303 g/mol. The monoisotopic (exact) mass is 302 g/mol. The number of nitrogens with zero attached hydrogens (tertiary/aromatic N) is 2. The van der Waals surface area contributed by atoms with Crippen LogP contribution in [0, 0.1) is 16.7 Å². The predicted octanol–water partition coefficient (Wildman–Crippen LogP) is 2.80. The molecule has 1 rings (SSSR count). The fraction of sp³-hybridized carbons (Fsp3) is 0.923. The van der Waals surface area contributed by atoms with E-state index < -0.39 is 0 Å². The van der Waals surface area contributed by atoms with Gasteiger partial charge >= 0.3 is 0 Å². The molecule has 0 spiro atoms. The highest BCUT2D eigenvalue weighted by Crippen LogP contribution is 2.34. The predicted molar refractivity (Wildman–Crippen MR) is 73.2 cm³/mol. The van der Waals surface area contributed by atoms with E-state index in [4.69, 9.17) is 10.00 Å². The van der Waals surface area contributed by atoms with E-state index in [0.29, 0.717) is 17.9 Å². The van der Waals surface area contributed by atoms with E-state index in [2.05, 4.69) is 40.7 Å². The molecule has 0 N–H and O–H groups in total. The zero-order valence-electron chi connectivity index (χ0n) is 10.9. The first-order valence-electron chi connectivity index (χ1n) is 6.38. The molecule has 1 fully saturated rings. The van der Waals surface area contributed by atoms with Crippen molar-refractivity contribution in [2.24, 2.45) is 5.41 Å². The van der Waals surface area contributed by atoms with Crippen LogP contribution in [0.1, 0.15) is 33.1 Å². The van der Waals surface area contributed by atoms with Crippen LogP contribution < -0.4 is 0 Å². The fourth-order valence-corrected chi connectivity index (χ4v) is 3.02. The summed E-state index contributed by atoms with van der Waals surface area (Å²) in [7, 11) is 0. The first-order chi connectivity index (χ1) is 8.13. The summed E-state index contributed by atoms with van der Waals surface area (Å²) in [6, 6.07) is 2.74. The summed E-state index contributed by atoms with van der Waals surface area (Å²) in [5.74, 6) is 0. The SMILES string of the molecule is CC(C)N(CCC#N)CC1(CBr)CCOCC1. The quantitative estimate of drug-likeness (QED) is 0.708. The van der Waals surface area contributed by atoms with Crippen LogP contribution in [0.2, 0.25) is 0 Å². The lowest BCUT2D eigenvalue weighted by Gasteiger charge is -2.41. The summed E-state index contributed by atoms with van der Waals surface area (Å²) < 4.78 is 5.46. The number of hydrogen-bond acceptors (Lipinski definition) is 3. The Bertz CT molecular complexity index is 257. The molecule has 4 heteroatoms.